The molecule has 1 aliphatic heterocycles. The van der Waals surface area contributed by atoms with Gasteiger partial charge in [-0.15, -0.1) is 0 Å². The van der Waals surface area contributed by atoms with Crippen LogP contribution in [0.3, 0.4) is 0 Å². The standard InChI is InChI=1S/C18H18N2O3/c21-15-6-4-12(5-7-15)10-18(23)19-14-3-1-2-13(11-14)16-8-9-17(22)20-16/h1-7,11,16,21H,8-10H2,(H,19,23)(H,20,22). The summed E-state index contributed by atoms with van der Waals surface area (Å²) in [6.45, 7) is 0. The fraction of sp³-hybridized carbons (Fsp3) is 0.222. The Hall–Kier alpha value is -2.82. The molecule has 3 rings (SSSR count). The number of anilines is 1. The molecule has 1 heterocycles. The number of hydrogen-bond acceptors (Lipinski definition) is 3. The molecule has 2 amide bonds. The number of nitrogens with one attached hydrogen (secondary N) is 2. The predicted octanol–water partition coefficient (Wildman–Crippen LogP) is 2.52. The maximum atomic E-state index is 12.1. The lowest BCUT2D eigenvalue weighted by atomic mass is 10.0. The van der Waals surface area contributed by atoms with Crippen molar-refractivity contribution in [3.05, 3.63) is 59.7 Å². The van der Waals surface area contributed by atoms with E-state index in [0.29, 0.717) is 12.1 Å². The summed E-state index contributed by atoms with van der Waals surface area (Å²) in [6.07, 6.45) is 1.57. The first kappa shape index (κ1) is 15.1. The van der Waals surface area contributed by atoms with E-state index in [1.54, 1.807) is 24.3 Å². The SMILES string of the molecule is O=C(Cc1ccc(O)cc1)Nc1cccc(C2CCC(=O)N2)c1. The van der Waals surface area contributed by atoms with Crippen molar-refractivity contribution in [2.24, 2.45) is 0 Å². The Morgan fingerprint density at radius 1 is 1.22 bits per heavy atom. The minimum absolute atomic E-state index is 0.0245. The smallest absolute Gasteiger partial charge is 0.228 e. The van der Waals surface area contributed by atoms with Gasteiger partial charge in [-0.2, -0.15) is 0 Å². The minimum Gasteiger partial charge on any atom is -0.508 e. The van der Waals surface area contributed by atoms with Gasteiger partial charge in [0.15, 0.2) is 0 Å². The molecular formula is C18H18N2O3. The summed E-state index contributed by atoms with van der Waals surface area (Å²) in [5, 5.41) is 15.0. The highest BCUT2D eigenvalue weighted by molar-refractivity contribution is 5.92. The van der Waals surface area contributed by atoms with Crippen molar-refractivity contribution in [3.63, 3.8) is 0 Å². The molecule has 1 unspecified atom stereocenters. The van der Waals surface area contributed by atoms with Crippen LogP contribution in [0.1, 0.15) is 30.0 Å². The zero-order valence-electron chi connectivity index (χ0n) is 12.6. The molecule has 23 heavy (non-hydrogen) atoms. The second kappa shape index (κ2) is 6.52. The van der Waals surface area contributed by atoms with Crippen LogP contribution >= 0.6 is 0 Å². The maximum absolute atomic E-state index is 12.1. The molecule has 0 saturated carbocycles. The van der Waals surface area contributed by atoms with Crippen LogP contribution in [0.5, 0.6) is 5.75 Å². The molecule has 1 aliphatic rings. The number of amides is 2. The Balaban J connectivity index is 1.64. The van der Waals surface area contributed by atoms with Crippen molar-refractivity contribution in [1.82, 2.24) is 5.32 Å². The van der Waals surface area contributed by atoms with E-state index in [0.717, 1.165) is 17.5 Å². The average molecular weight is 310 g/mol. The predicted molar refractivity (Wildman–Crippen MR) is 87.0 cm³/mol. The third kappa shape index (κ3) is 3.88. The van der Waals surface area contributed by atoms with E-state index >= 15 is 0 Å². The Bertz CT molecular complexity index is 725. The fourth-order valence-corrected chi connectivity index (χ4v) is 2.70. The lowest BCUT2D eigenvalue weighted by Crippen LogP contribution is -2.19. The van der Waals surface area contributed by atoms with E-state index in [1.807, 2.05) is 24.3 Å². The topological polar surface area (TPSA) is 78.4 Å². The molecule has 2 aromatic carbocycles. The normalized spacial score (nSPS) is 16.9. The van der Waals surface area contributed by atoms with Gasteiger partial charge in [0, 0.05) is 12.1 Å². The number of aromatic hydroxyl groups is 1. The van der Waals surface area contributed by atoms with Gasteiger partial charge in [0.25, 0.3) is 0 Å². The summed E-state index contributed by atoms with van der Waals surface area (Å²) in [4.78, 5) is 23.4. The van der Waals surface area contributed by atoms with Gasteiger partial charge in [0.05, 0.1) is 12.5 Å². The highest BCUT2D eigenvalue weighted by atomic mass is 16.3. The molecule has 1 saturated heterocycles. The van der Waals surface area contributed by atoms with Crippen molar-refractivity contribution < 1.29 is 14.7 Å². The summed E-state index contributed by atoms with van der Waals surface area (Å²) in [6, 6.07) is 14.1. The maximum Gasteiger partial charge on any atom is 0.228 e. The van der Waals surface area contributed by atoms with Gasteiger partial charge < -0.3 is 15.7 Å². The Kier molecular flexibility index (Phi) is 4.28. The van der Waals surface area contributed by atoms with Crippen LogP contribution in [-0.4, -0.2) is 16.9 Å². The van der Waals surface area contributed by atoms with E-state index in [4.69, 9.17) is 0 Å². The third-order valence-electron chi connectivity index (χ3n) is 3.87. The summed E-state index contributed by atoms with van der Waals surface area (Å²) in [5.74, 6) is 0.125. The van der Waals surface area contributed by atoms with Crippen molar-refractivity contribution in [2.45, 2.75) is 25.3 Å². The summed E-state index contributed by atoms with van der Waals surface area (Å²) in [7, 11) is 0. The number of phenolic OH excluding ortho intramolecular Hbond substituents is 1. The summed E-state index contributed by atoms with van der Waals surface area (Å²) < 4.78 is 0. The van der Waals surface area contributed by atoms with E-state index in [1.165, 1.54) is 0 Å². The van der Waals surface area contributed by atoms with Gasteiger partial charge in [-0.3, -0.25) is 9.59 Å². The molecular weight excluding hydrogens is 292 g/mol. The number of carbonyl (C=O) groups is 2. The summed E-state index contributed by atoms with van der Waals surface area (Å²) in [5.41, 5.74) is 2.55. The van der Waals surface area contributed by atoms with E-state index in [-0.39, 0.29) is 30.0 Å². The first-order valence-electron chi connectivity index (χ1n) is 7.57. The number of hydrogen-bond donors (Lipinski definition) is 3. The molecule has 0 bridgehead atoms. The molecule has 5 heteroatoms. The molecule has 118 valence electrons. The highest BCUT2D eigenvalue weighted by Gasteiger charge is 2.22. The zero-order chi connectivity index (χ0) is 16.2. The molecule has 0 radical (unpaired) electrons. The molecule has 0 aromatic heterocycles. The van der Waals surface area contributed by atoms with Crippen molar-refractivity contribution >= 4 is 17.5 Å². The van der Waals surface area contributed by atoms with Crippen LogP contribution in [0.25, 0.3) is 0 Å². The minimum atomic E-state index is -0.122. The average Bonchev–Trinajstić information content (AvgIpc) is 2.96. The second-order valence-corrected chi connectivity index (χ2v) is 5.68. The largest absolute Gasteiger partial charge is 0.508 e. The second-order valence-electron chi connectivity index (χ2n) is 5.68. The van der Waals surface area contributed by atoms with Gasteiger partial charge in [-0.1, -0.05) is 24.3 Å². The van der Waals surface area contributed by atoms with Crippen LogP contribution in [0.15, 0.2) is 48.5 Å². The number of benzene rings is 2. The van der Waals surface area contributed by atoms with Gasteiger partial charge in [0.2, 0.25) is 11.8 Å². The van der Waals surface area contributed by atoms with Crippen LogP contribution in [-0.2, 0) is 16.0 Å². The zero-order valence-corrected chi connectivity index (χ0v) is 12.6. The highest BCUT2D eigenvalue weighted by Crippen LogP contribution is 2.25. The number of rotatable bonds is 4. The molecule has 1 atom stereocenters. The Labute approximate surface area is 134 Å². The summed E-state index contributed by atoms with van der Waals surface area (Å²) >= 11 is 0. The first-order valence-corrected chi connectivity index (χ1v) is 7.57. The lowest BCUT2D eigenvalue weighted by Gasteiger charge is -2.12. The fourth-order valence-electron chi connectivity index (χ4n) is 2.70. The van der Waals surface area contributed by atoms with Crippen LogP contribution in [0, 0.1) is 0 Å². The van der Waals surface area contributed by atoms with E-state index < -0.39 is 0 Å². The molecule has 5 nitrogen and oxygen atoms in total. The lowest BCUT2D eigenvalue weighted by molar-refractivity contribution is -0.119. The van der Waals surface area contributed by atoms with E-state index in [2.05, 4.69) is 10.6 Å². The molecule has 3 N–H and O–H groups in total. The van der Waals surface area contributed by atoms with Crippen molar-refractivity contribution in [2.75, 3.05) is 5.32 Å². The Morgan fingerprint density at radius 2 is 2.00 bits per heavy atom. The molecule has 0 aliphatic carbocycles. The van der Waals surface area contributed by atoms with Gasteiger partial charge in [-0.25, -0.2) is 0 Å². The molecule has 2 aromatic rings. The van der Waals surface area contributed by atoms with Gasteiger partial charge in [0.1, 0.15) is 5.75 Å². The van der Waals surface area contributed by atoms with E-state index in [9.17, 15) is 14.7 Å². The monoisotopic (exact) mass is 310 g/mol. The Morgan fingerprint density at radius 3 is 2.70 bits per heavy atom. The molecule has 1 fully saturated rings. The van der Waals surface area contributed by atoms with Gasteiger partial charge in [-0.05, 0) is 41.8 Å². The van der Waals surface area contributed by atoms with Crippen molar-refractivity contribution in [1.29, 1.82) is 0 Å². The van der Waals surface area contributed by atoms with Gasteiger partial charge >= 0.3 is 0 Å². The number of carbonyl (C=O) groups excluding carboxylic acids is 2. The quantitative estimate of drug-likeness (QED) is 0.812. The van der Waals surface area contributed by atoms with Crippen molar-refractivity contribution in [3.8, 4) is 5.75 Å². The first-order chi connectivity index (χ1) is 11.1. The van der Waals surface area contributed by atoms with Crippen LogP contribution < -0.4 is 10.6 Å². The van der Waals surface area contributed by atoms with Crippen LogP contribution in [0.2, 0.25) is 0 Å². The van der Waals surface area contributed by atoms with Crippen LogP contribution in [0.4, 0.5) is 5.69 Å². The number of phenols is 1. The third-order valence-corrected chi connectivity index (χ3v) is 3.87. The molecule has 0 spiro atoms.